The summed E-state index contributed by atoms with van der Waals surface area (Å²) in [5.74, 6) is 4.94. The predicted molar refractivity (Wildman–Crippen MR) is 53.1 cm³/mol. The maximum absolute atomic E-state index is 5.69. The van der Waals surface area contributed by atoms with E-state index in [1.807, 2.05) is 36.4 Å². The zero-order valence-corrected chi connectivity index (χ0v) is 7.69. The van der Waals surface area contributed by atoms with Crippen LogP contribution in [-0.2, 0) is 0 Å². The average Bonchev–Trinajstić information content (AvgIpc) is 3.12. The summed E-state index contributed by atoms with van der Waals surface area (Å²) in [6, 6.07) is 11.4. The molecule has 0 aromatic heterocycles. The quantitative estimate of drug-likeness (QED) is 0.460. The van der Waals surface area contributed by atoms with Crippen LogP contribution in [0.15, 0.2) is 36.4 Å². The number of ether oxygens (including phenoxy) is 3. The Hall–Kier alpha value is -2.16. The van der Waals surface area contributed by atoms with Gasteiger partial charge in [-0.3, -0.25) is 0 Å². The highest BCUT2D eigenvalue weighted by Crippen LogP contribution is 2.57. The molecule has 0 radical (unpaired) electrons. The summed E-state index contributed by atoms with van der Waals surface area (Å²) in [5.41, 5.74) is 0. The van der Waals surface area contributed by atoms with Gasteiger partial charge in [0.2, 0.25) is 11.5 Å². The van der Waals surface area contributed by atoms with Gasteiger partial charge in [-0.05, 0) is 24.3 Å². The highest BCUT2D eigenvalue weighted by Gasteiger charge is 2.29. The minimum absolute atomic E-state index is 0.747. The lowest BCUT2D eigenvalue weighted by Gasteiger charge is -2.00. The monoisotopic (exact) mass is 198 g/mol. The summed E-state index contributed by atoms with van der Waals surface area (Å²) in [7, 11) is 0. The molecule has 0 aliphatic carbocycles. The minimum Gasteiger partial charge on any atom is -0.449 e. The van der Waals surface area contributed by atoms with Crippen LogP contribution in [0.25, 0.3) is 0 Å². The predicted octanol–water partition coefficient (Wildman–Crippen LogP) is 3.69. The topological polar surface area (TPSA) is 34.3 Å². The molecule has 0 saturated carbocycles. The van der Waals surface area contributed by atoms with Gasteiger partial charge in [-0.15, -0.1) is 0 Å². The molecule has 0 bridgehead atoms. The molecule has 3 heteroatoms. The summed E-state index contributed by atoms with van der Waals surface area (Å²) >= 11 is 0. The van der Waals surface area contributed by atoms with Crippen LogP contribution >= 0.6 is 0 Å². The van der Waals surface area contributed by atoms with Crippen molar-refractivity contribution >= 4 is 0 Å². The first-order valence-corrected chi connectivity index (χ1v) is 4.71. The highest BCUT2D eigenvalue weighted by atomic mass is 16.6. The van der Waals surface area contributed by atoms with E-state index in [-0.39, 0.29) is 0 Å². The Kier molecular flexibility index (Phi) is 1.08. The van der Waals surface area contributed by atoms with Gasteiger partial charge in [0.15, 0.2) is 23.0 Å². The molecule has 0 spiro atoms. The first-order valence-electron chi connectivity index (χ1n) is 4.71. The standard InChI is InChI=1S/C12H6O3/c1-3-7(11-9(5-1)14-11)13-8-4-2-6-10-12(8)15-10/h1-6H. The van der Waals surface area contributed by atoms with E-state index in [4.69, 9.17) is 14.2 Å². The number of fused-ring (bicyclic) bond motifs is 2. The van der Waals surface area contributed by atoms with Gasteiger partial charge in [-0.2, -0.15) is 0 Å². The fraction of sp³-hybridized carbons (Fsp3) is 0. The summed E-state index contributed by atoms with van der Waals surface area (Å²) in [5, 5.41) is 0. The van der Waals surface area contributed by atoms with Gasteiger partial charge in [0.05, 0.1) is 0 Å². The molecule has 0 saturated heterocycles. The zero-order chi connectivity index (χ0) is 9.83. The van der Waals surface area contributed by atoms with E-state index in [9.17, 15) is 0 Å². The number of hydrogen-bond donors (Lipinski definition) is 0. The van der Waals surface area contributed by atoms with E-state index in [2.05, 4.69) is 0 Å². The van der Waals surface area contributed by atoms with Gasteiger partial charge in [0, 0.05) is 0 Å². The largest absolute Gasteiger partial charge is 0.449 e. The van der Waals surface area contributed by atoms with E-state index in [0.717, 1.165) is 34.5 Å². The molecular weight excluding hydrogens is 192 g/mol. The SMILES string of the molecule is c1cc(Oc2cccc3c2O3)c2c(c1)O2. The minimum atomic E-state index is 0.747. The van der Waals surface area contributed by atoms with Crippen LogP contribution in [0.2, 0.25) is 0 Å². The molecule has 15 heavy (non-hydrogen) atoms. The molecule has 0 fully saturated rings. The smallest absolute Gasteiger partial charge is 0.212 e. The molecule has 4 rings (SSSR count). The van der Waals surface area contributed by atoms with Crippen molar-refractivity contribution in [3.63, 3.8) is 0 Å². The lowest BCUT2D eigenvalue weighted by molar-refractivity contribution is 0.462. The zero-order valence-electron chi connectivity index (χ0n) is 7.69. The third-order valence-electron chi connectivity index (χ3n) is 2.45. The second-order valence-corrected chi connectivity index (χ2v) is 3.47. The van der Waals surface area contributed by atoms with Crippen molar-refractivity contribution in [1.82, 2.24) is 0 Å². The Balaban J connectivity index is 1.73. The third-order valence-corrected chi connectivity index (χ3v) is 2.45. The number of rotatable bonds is 2. The van der Waals surface area contributed by atoms with Crippen molar-refractivity contribution in [3.05, 3.63) is 36.4 Å². The Morgan fingerprint density at radius 3 is 1.80 bits per heavy atom. The Morgan fingerprint density at radius 2 is 1.27 bits per heavy atom. The van der Waals surface area contributed by atoms with Crippen LogP contribution in [0, 0.1) is 0 Å². The van der Waals surface area contributed by atoms with Gasteiger partial charge >= 0.3 is 0 Å². The fourth-order valence-electron chi connectivity index (χ4n) is 1.61. The van der Waals surface area contributed by atoms with E-state index in [1.165, 1.54) is 0 Å². The molecule has 2 aliphatic rings. The van der Waals surface area contributed by atoms with Gasteiger partial charge < -0.3 is 14.2 Å². The average molecular weight is 198 g/mol. The maximum atomic E-state index is 5.69. The van der Waals surface area contributed by atoms with Crippen LogP contribution < -0.4 is 14.2 Å². The molecule has 72 valence electrons. The summed E-state index contributed by atoms with van der Waals surface area (Å²) < 4.78 is 16.2. The molecule has 0 N–H and O–H groups in total. The maximum Gasteiger partial charge on any atom is 0.212 e. The van der Waals surface area contributed by atoms with Crippen molar-refractivity contribution in [1.29, 1.82) is 0 Å². The first-order chi connectivity index (χ1) is 7.42. The Labute approximate surface area is 85.8 Å². The lowest BCUT2D eigenvalue weighted by Crippen LogP contribution is -1.79. The van der Waals surface area contributed by atoms with Gasteiger partial charge in [0.1, 0.15) is 0 Å². The molecule has 0 unspecified atom stereocenters. The number of para-hydroxylation sites is 2. The van der Waals surface area contributed by atoms with E-state index < -0.39 is 0 Å². The summed E-state index contributed by atoms with van der Waals surface area (Å²) in [6.45, 7) is 0. The fourth-order valence-corrected chi connectivity index (χ4v) is 1.61. The second-order valence-electron chi connectivity index (χ2n) is 3.47. The van der Waals surface area contributed by atoms with Crippen LogP contribution in [0.1, 0.15) is 0 Å². The summed E-state index contributed by atoms with van der Waals surface area (Å²) in [4.78, 5) is 0. The van der Waals surface area contributed by atoms with Crippen molar-refractivity contribution in [3.8, 4) is 34.5 Å². The van der Waals surface area contributed by atoms with Crippen LogP contribution in [0.3, 0.4) is 0 Å². The van der Waals surface area contributed by atoms with E-state index in [1.54, 1.807) is 0 Å². The van der Waals surface area contributed by atoms with E-state index in [0.29, 0.717) is 0 Å². The second kappa shape index (κ2) is 2.25. The van der Waals surface area contributed by atoms with Crippen molar-refractivity contribution in [2.45, 2.75) is 0 Å². The molecule has 2 heterocycles. The van der Waals surface area contributed by atoms with Crippen LogP contribution in [0.4, 0.5) is 0 Å². The van der Waals surface area contributed by atoms with Gasteiger partial charge in [-0.1, -0.05) is 12.1 Å². The Morgan fingerprint density at radius 1 is 0.733 bits per heavy atom. The molecule has 2 aromatic carbocycles. The van der Waals surface area contributed by atoms with Crippen LogP contribution in [-0.4, -0.2) is 0 Å². The molecule has 0 amide bonds. The molecule has 0 atom stereocenters. The third kappa shape index (κ3) is 1.00. The van der Waals surface area contributed by atoms with Crippen molar-refractivity contribution in [2.75, 3.05) is 0 Å². The summed E-state index contributed by atoms with van der Waals surface area (Å²) in [6.07, 6.45) is 0. The number of benzene rings is 2. The normalized spacial score (nSPS) is 13.1. The first kappa shape index (κ1) is 7.17. The van der Waals surface area contributed by atoms with Crippen LogP contribution in [0.5, 0.6) is 34.5 Å². The lowest BCUT2D eigenvalue weighted by atomic mass is 10.3. The molecular formula is C12H6O3. The van der Waals surface area contributed by atoms with E-state index >= 15 is 0 Å². The molecule has 3 nitrogen and oxygen atoms in total. The number of hydrogen-bond acceptors (Lipinski definition) is 3. The van der Waals surface area contributed by atoms with Crippen molar-refractivity contribution < 1.29 is 14.2 Å². The molecule has 2 aromatic rings. The van der Waals surface area contributed by atoms with Gasteiger partial charge in [0.25, 0.3) is 0 Å². The highest BCUT2D eigenvalue weighted by molar-refractivity contribution is 5.67. The van der Waals surface area contributed by atoms with Gasteiger partial charge in [-0.25, -0.2) is 0 Å². The van der Waals surface area contributed by atoms with Crippen molar-refractivity contribution in [2.24, 2.45) is 0 Å². The molecule has 2 aliphatic heterocycles. The Bertz CT molecular complexity index is 524.